The van der Waals surface area contributed by atoms with Crippen LogP contribution in [-0.2, 0) is 25.6 Å². The summed E-state index contributed by atoms with van der Waals surface area (Å²) in [4.78, 5) is 11.3. The minimum atomic E-state index is -0.362. The highest BCUT2D eigenvalue weighted by atomic mass is 79.9. The highest BCUT2D eigenvalue weighted by Gasteiger charge is 2.03. The Morgan fingerprint density at radius 3 is 2.50 bits per heavy atom. The largest absolute Gasteiger partial charge is 0.459 e. The molecule has 0 fully saturated rings. The van der Waals surface area contributed by atoms with Gasteiger partial charge in [-0.05, 0) is 5.56 Å². The molecule has 0 aliphatic rings. The Kier molecular flexibility index (Phi) is 8.46. The lowest BCUT2D eigenvalue weighted by Gasteiger charge is -2.06. The molecule has 0 radical (unpaired) electrons. The molecule has 0 aromatic heterocycles. The van der Waals surface area contributed by atoms with Gasteiger partial charge in [0, 0.05) is 5.33 Å². The minimum Gasteiger partial charge on any atom is -0.459 e. The molecule has 0 N–H and O–H groups in total. The molecule has 0 amide bonds. The van der Waals surface area contributed by atoms with Crippen LogP contribution in [0, 0.1) is 0 Å². The van der Waals surface area contributed by atoms with E-state index in [1.54, 1.807) is 0 Å². The predicted octanol–water partition coefficient (Wildman–Crippen LogP) is 2.16. The van der Waals surface area contributed by atoms with Crippen LogP contribution in [0.25, 0.3) is 0 Å². The number of hydrogen-bond acceptors (Lipinski definition) is 4. The molecule has 0 saturated carbocycles. The zero-order chi connectivity index (χ0) is 13.1. The first-order valence-electron chi connectivity index (χ1n) is 5.74. The van der Waals surface area contributed by atoms with Crippen LogP contribution in [0.5, 0.6) is 0 Å². The molecular formula is C13H17BrO4. The van der Waals surface area contributed by atoms with Gasteiger partial charge in [-0.1, -0.05) is 46.3 Å². The lowest BCUT2D eigenvalue weighted by atomic mass is 10.2. The second-order valence-corrected chi connectivity index (χ2v) is 4.29. The maximum atomic E-state index is 11.3. The van der Waals surface area contributed by atoms with Gasteiger partial charge in [0.15, 0.2) is 0 Å². The summed E-state index contributed by atoms with van der Waals surface area (Å²) >= 11 is 3.24. The number of carbonyl (C=O) groups excluding carboxylic acids is 1. The molecular weight excluding hydrogens is 300 g/mol. The summed E-state index contributed by atoms with van der Waals surface area (Å²) in [6.45, 7) is 1.76. The molecule has 18 heavy (non-hydrogen) atoms. The molecule has 1 rings (SSSR count). The molecule has 1 aromatic carbocycles. The van der Waals surface area contributed by atoms with Gasteiger partial charge in [-0.15, -0.1) is 0 Å². The minimum absolute atomic E-state index is 0.0372. The molecule has 0 bridgehead atoms. The standard InChI is InChI=1S/C13H17BrO4/c14-6-7-16-8-9-17-11-13(15)18-10-12-4-2-1-3-5-12/h1-5H,6-11H2. The monoisotopic (exact) mass is 316 g/mol. The third-order valence-corrected chi connectivity index (χ3v) is 2.38. The molecule has 4 nitrogen and oxygen atoms in total. The van der Waals surface area contributed by atoms with E-state index in [0.29, 0.717) is 19.8 Å². The summed E-state index contributed by atoms with van der Waals surface area (Å²) in [6, 6.07) is 9.54. The second-order valence-electron chi connectivity index (χ2n) is 3.50. The van der Waals surface area contributed by atoms with Gasteiger partial charge in [-0.2, -0.15) is 0 Å². The van der Waals surface area contributed by atoms with Crippen LogP contribution >= 0.6 is 15.9 Å². The van der Waals surface area contributed by atoms with Gasteiger partial charge in [0.1, 0.15) is 13.2 Å². The summed E-state index contributed by atoms with van der Waals surface area (Å²) in [7, 11) is 0. The zero-order valence-corrected chi connectivity index (χ0v) is 11.7. The van der Waals surface area contributed by atoms with Gasteiger partial charge in [0.05, 0.1) is 19.8 Å². The van der Waals surface area contributed by atoms with Crippen LogP contribution in [-0.4, -0.2) is 37.7 Å². The molecule has 0 unspecified atom stereocenters. The zero-order valence-electron chi connectivity index (χ0n) is 10.1. The Morgan fingerprint density at radius 2 is 1.78 bits per heavy atom. The predicted molar refractivity (Wildman–Crippen MR) is 71.7 cm³/mol. The Balaban J connectivity index is 2.01. The van der Waals surface area contributed by atoms with Crippen molar-refractivity contribution in [2.24, 2.45) is 0 Å². The highest BCUT2D eigenvalue weighted by molar-refractivity contribution is 9.09. The van der Waals surface area contributed by atoms with E-state index in [1.807, 2.05) is 30.3 Å². The van der Waals surface area contributed by atoms with Crippen LogP contribution < -0.4 is 0 Å². The SMILES string of the molecule is O=C(COCCOCCBr)OCc1ccccc1. The van der Waals surface area contributed by atoms with Crippen molar-refractivity contribution in [3.63, 3.8) is 0 Å². The van der Waals surface area contributed by atoms with Crippen molar-refractivity contribution in [2.45, 2.75) is 6.61 Å². The van der Waals surface area contributed by atoms with Crippen molar-refractivity contribution in [1.82, 2.24) is 0 Å². The van der Waals surface area contributed by atoms with Crippen molar-refractivity contribution in [1.29, 1.82) is 0 Å². The van der Waals surface area contributed by atoms with Crippen molar-refractivity contribution in [3.05, 3.63) is 35.9 Å². The van der Waals surface area contributed by atoms with Gasteiger partial charge in [0.25, 0.3) is 0 Å². The fourth-order valence-corrected chi connectivity index (χ4v) is 1.44. The molecule has 0 atom stereocenters. The number of hydrogen-bond donors (Lipinski definition) is 0. The first-order chi connectivity index (χ1) is 8.83. The van der Waals surface area contributed by atoms with E-state index in [-0.39, 0.29) is 19.2 Å². The molecule has 0 aliphatic carbocycles. The van der Waals surface area contributed by atoms with Gasteiger partial charge >= 0.3 is 5.97 Å². The number of benzene rings is 1. The van der Waals surface area contributed by atoms with E-state index in [9.17, 15) is 4.79 Å². The number of ether oxygens (including phenoxy) is 3. The van der Waals surface area contributed by atoms with Crippen molar-refractivity contribution >= 4 is 21.9 Å². The average molecular weight is 317 g/mol. The normalized spacial score (nSPS) is 10.3. The first kappa shape index (κ1) is 15.1. The third-order valence-electron chi connectivity index (χ3n) is 2.06. The number of carbonyl (C=O) groups is 1. The van der Waals surface area contributed by atoms with Crippen molar-refractivity contribution in [3.8, 4) is 0 Å². The maximum absolute atomic E-state index is 11.3. The Labute approximate surface area is 115 Å². The van der Waals surface area contributed by atoms with Crippen LogP contribution in [0.15, 0.2) is 30.3 Å². The number of esters is 1. The van der Waals surface area contributed by atoms with E-state index in [1.165, 1.54) is 0 Å². The van der Waals surface area contributed by atoms with Crippen LogP contribution in [0.3, 0.4) is 0 Å². The van der Waals surface area contributed by atoms with E-state index in [4.69, 9.17) is 14.2 Å². The maximum Gasteiger partial charge on any atom is 0.332 e. The molecule has 1 aromatic rings. The fourth-order valence-electron chi connectivity index (χ4n) is 1.21. The average Bonchev–Trinajstić information content (AvgIpc) is 2.41. The van der Waals surface area contributed by atoms with Crippen molar-refractivity contribution in [2.75, 3.05) is 31.8 Å². The molecule has 0 spiro atoms. The van der Waals surface area contributed by atoms with E-state index in [2.05, 4.69) is 15.9 Å². The van der Waals surface area contributed by atoms with Crippen LogP contribution in [0.2, 0.25) is 0 Å². The van der Waals surface area contributed by atoms with Gasteiger partial charge < -0.3 is 14.2 Å². The number of halogens is 1. The molecule has 0 saturated heterocycles. The number of alkyl halides is 1. The Bertz CT molecular complexity index is 329. The van der Waals surface area contributed by atoms with E-state index >= 15 is 0 Å². The first-order valence-corrected chi connectivity index (χ1v) is 6.86. The van der Waals surface area contributed by atoms with E-state index < -0.39 is 0 Å². The summed E-state index contributed by atoms with van der Waals surface area (Å²) < 4.78 is 15.3. The van der Waals surface area contributed by atoms with E-state index in [0.717, 1.165) is 10.9 Å². The lowest BCUT2D eigenvalue weighted by Crippen LogP contribution is -2.15. The summed E-state index contributed by atoms with van der Waals surface area (Å²) in [5.74, 6) is -0.362. The molecule has 100 valence electrons. The summed E-state index contributed by atoms with van der Waals surface area (Å²) in [5, 5.41) is 0.798. The summed E-state index contributed by atoms with van der Waals surface area (Å²) in [5.41, 5.74) is 0.964. The second kappa shape index (κ2) is 10.1. The third kappa shape index (κ3) is 7.42. The quantitative estimate of drug-likeness (QED) is 0.398. The summed E-state index contributed by atoms with van der Waals surface area (Å²) in [6.07, 6.45) is 0. The molecule has 5 heteroatoms. The Hall–Kier alpha value is -0.910. The van der Waals surface area contributed by atoms with Crippen molar-refractivity contribution < 1.29 is 19.0 Å². The van der Waals surface area contributed by atoms with Gasteiger partial charge in [-0.25, -0.2) is 4.79 Å². The molecule has 0 heterocycles. The van der Waals surface area contributed by atoms with Crippen LogP contribution in [0.4, 0.5) is 0 Å². The highest BCUT2D eigenvalue weighted by Crippen LogP contribution is 2.00. The molecule has 0 aliphatic heterocycles. The Morgan fingerprint density at radius 1 is 1.06 bits per heavy atom. The number of rotatable bonds is 9. The smallest absolute Gasteiger partial charge is 0.332 e. The van der Waals surface area contributed by atoms with Crippen LogP contribution in [0.1, 0.15) is 5.56 Å². The fraction of sp³-hybridized carbons (Fsp3) is 0.462. The topological polar surface area (TPSA) is 44.8 Å². The lowest BCUT2D eigenvalue weighted by molar-refractivity contribution is -0.150. The van der Waals surface area contributed by atoms with Gasteiger partial charge in [0.2, 0.25) is 0 Å². The van der Waals surface area contributed by atoms with Gasteiger partial charge in [-0.3, -0.25) is 0 Å².